The summed E-state index contributed by atoms with van der Waals surface area (Å²) in [5.41, 5.74) is 8.50. The summed E-state index contributed by atoms with van der Waals surface area (Å²) in [5, 5.41) is 12.3. The average Bonchev–Trinajstić information content (AvgIpc) is 2.98. The molecule has 4 aromatic carbocycles. The first-order chi connectivity index (χ1) is 11.9. The van der Waals surface area contributed by atoms with Crippen LogP contribution >= 0.6 is 0 Å². The fourth-order valence-electron chi connectivity index (χ4n) is 3.96. The molecule has 0 aromatic heterocycles. The Hall–Kier alpha value is -2.90. The second-order valence-corrected chi connectivity index (χ2v) is 6.25. The molecule has 0 radical (unpaired) electrons. The first-order valence-corrected chi connectivity index (χ1v) is 8.23. The number of aliphatic hydroxyl groups is 1. The molecule has 0 aliphatic heterocycles. The van der Waals surface area contributed by atoms with Gasteiger partial charge < -0.3 is 5.11 Å². The topological polar surface area (TPSA) is 20.2 Å². The van der Waals surface area contributed by atoms with Crippen molar-refractivity contribution in [3.63, 3.8) is 0 Å². The summed E-state index contributed by atoms with van der Waals surface area (Å²) in [7, 11) is 0. The quantitative estimate of drug-likeness (QED) is 0.447. The molecule has 1 heteroatoms. The minimum atomic E-state index is 0.0549. The number of hydrogen-bond acceptors (Lipinski definition) is 1. The highest BCUT2D eigenvalue weighted by Crippen LogP contribution is 2.49. The van der Waals surface area contributed by atoms with Crippen molar-refractivity contribution in [2.75, 3.05) is 0 Å². The zero-order chi connectivity index (χ0) is 16.1. The van der Waals surface area contributed by atoms with E-state index < -0.39 is 0 Å². The van der Waals surface area contributed by atoms with Crippen LogP contribution in [0.1, 0.15) is 5.56 Å². The van der Waals surface area contributed by atoms with Crippen molar-refractivity contribution in [2.45, 2.75) is 6.61 Å². The van der Waals surface area contributed by atoms with Gasteiger partial charge in [-0.2, -0.15) is 0 Å². The SMILES string of the molecule is OCc1ccccc1-c1ccc2c3c(cccc13)-c1ccccc1-2. The van der Waals surface area contributed by atoms with Gasteiger partial charge in [0, 0.05) is 0 Å². The second-order valence-electron chi connectivity index (χ2n) is 6.25. The lowest BCUT2D eigenvalue weighted by Crippen LogP contribution is -1.90. The normalized spacial score (nSPS) is 11.7. The van der Waals surface area contributed by atoms with Gasteiger partial charge in [0.05, 0.1) is 6.61 Å². The van der Waals surface area contributed by atoms with Crippen LogP contribution in [0.15, 0.2) is 78.9 Å². The van der Waals surface area contributed by atoms with E-state index in [1.54, 1.807) is 0 Å². The molecule has 0 bridgehead atoms. The lowest BCUT2D eigenvalue weighted by Gasteiger charge is -2.12. The van der Waals surface area contributed by atoms with Crippen LogP contribution in [0.3, 0.4) is 0 Å². The number of rotatable bonds is 2. The van der Waals surface area contributed by atoms with E-state index in [4.69, 9.17) is 0 Å². The third kappa shape index (κ3) is 1.73. The van der Waals surface area contributed by atoms with E-state index in [1.807, 2.05) is 18.2 Å². The van der Waals surface area contributed by atoms with Crippen molar-refractivity contribution < 1.29 is 5.11 Å². The highest BCUT2D eigenvalue weighted by atomic mass is 16.3. The van der Waals surface area contributed by atoms with Crippen molar-refractivity contribution in [2.24, 2.45) is 0 Å². The van der Waals surface area contributed by atoms with Crippen LogP contribution in [0.25, 0.3) is 44.2 Å². The first-order valence-electron chi connectivity index (χ1n) is 8.23. The number of benzene rings is 4. The molecule has 4 aromatic rings. The van der Waals surface area contributed by atoms with E-state index >= 15 is 0 Å². The molecule has 1 aliphatic carbocycles. The van der Waals surface area contributed by atoms with Gasteiger partial charge in [0.1, 0.15) is 0 Å². The Balaban J connectivity index is 1.89. The number of aliphatic hydroxyl groups excluding tert-OH is 1. The summed E-state index contributed by atoms with van der Waals surface area (Å²) in [5.74, 6) is 0. The minimum absolute atomic E-state index is 0.0549. The van der Waals surface area contributed by atoms with Crippen LogP contribution in [0.4, 0.5) is 0 Å². The zero-order valence-corrected chi connectivity index (χ0v) is 13.2. The largest absolute Gasteiger partial charge is 0.392 e. The third-order valence-corrected chi connectivity index (χ3v) is 5.03. The molecule has 0 saturated heterocycles. The maximum Gasteiger partial charge on any atom is 0.0687 e. The molecule has 0 spiro atoms. The summed E-state index contributed by atoms with van der Waals surface area (Å²) in [6.45, 7) is 0.0549. The Morgan fingerprint density at radius 1 is 0.500 bits per heavy atom. The van der Waals surface area contributed by atoms with E-state index in [1.165, 1.54) is 38.6 Å². The predicted molar refractivity (Wildman–Crippen MR) is 99.7 cm³/mol. The molecule has 0 unspecified atom stereocenters. The van der Waals surface area contributed by atoms with Crippen LogP contribution < -0.4 is 0 Å². The molecule has 114 valence electrons. The molecule has 1 aliphatic rings. The van der Waals surface area contributed by atoms with Gasteiger partial charge in [-0.15, -0.1) is 0 Å². The van der Waals surface area contributed by atoms with Gasteiger partial charge in [-0.1, -0.05) is 78.9 Å². The van der Waals surface area contributed by atoms with Crippen molar-refractivity contribution >= 4 is 10.8 Å². The molecule has 0 heterocycles. The van der Waals surface area contributed by atoms with E-state index in [2.05, 4.69) is 60.7 Å². The van der Waals surface area contributed by atoms with Crippen LogP contribution in [-0.2, 0) is 6.61 Å². The smallest absolute Gasteiger partial charge is 0.0687 e. The molecular weight excluding hydrogens is 292 g/mol. The van der Waals surface area contributed by atoms with Crippen molar-refractivity contribution in [3.05, 3.63) is 84.4 Å². The molecule has 0 atom stereocenters. The highest BCUT2D eigenvalue weighted by molar-refractivity contribution is 6.18. The fraction of sp³-hybridized carbons (Fsp3) is 0.0435. The lowest BCUT2D eigenvalue weighted by molar-refractivity contribution is 0.282. The molecule has 0 amide bonds. The monoisotopic (exact) mass is 308 g/mol. The fourth-order valence-corrected chi connectivity index (χ4v) is 3.96. The summed E-state index contributed by atoms with van der Waals surface area (Å²) >= 11 is 0. The standard InChI is InChI=1S/C23H16O/c24-14-15-6-1-2-7-16(15)19-12-13-22-18-9-4-3-8-17(18)20-10-5-11-21(19)23(20)22/h1-13,24H,14H2. The van der Waals surface area contributed by atoms with E-state index in [9.17, 15) is 5.11 Å². The lowest BCUT2D eigenvalue weighted by atomic mass is 9.92. The van der Waals surface area contributed by atoms with Gasteiger partial charge in [-0.05, 0) is 49.7 Å². The van der Waals surface area contributed by atoms with Crippen molar-refractivity contribution in [1.82, 2.24) is 0 Å². The Labute approximate surface area is 140 Å². The Morgan fingerprint density at radius 2 is 1.08 bits per heavy atom. The van der Waals surface area contributed by atoms with Crippen molar-refractivity contribution in [3.8, 4) is 33.4 Å². The van der Waals surface area contributed by atoms with E-state index in [0.717, 1.165) is 11.1 Å². The molecule has 5 rings (SSSR count). The first kappa shape index (κ1) is 13.5. The molecule has 24 heavy (non-hydrogen) atoms. The van der Waals surface area contributed by atoms with Gasteiger partial charge in [0.25, 0.3) is 0 Å². The summed E-state index contributed by atoms with van der Waals surface area (Å²) in [6.07, 6.45) is 0. The average molecular weight is 308 g/mol. The summed E-state index contributed by atoms with van der Waals surface area (Å²) in [6, 6.07) is 27.7. The maximum absolute atomic E-state index is 9.72. The summed E-state index contributed by atoms with van der Waals surface area (Å²) < 4.78 is 0. The van der Waals surface area contributed by atoms with E-state index in [-0.39, 0.29) is 6.61 Å². The minimum Gasteiger partial charge on any atom is -0.392 e. The Morgan fingerprint density at radius 3 is 1.83 bits per heavy atom. The Kier molecular flexibility index (Phi) is 2.85. The zero-order valence-electron chi connectivity index (χ0n) is 13.2. The van der Waals surface area contributed by atoms with Gasteiger partial charge in [-0.3, -0.25) is 0 Å². The van der Waals surface area contributed by atoms with E-state index in [0.29, 0.717) is 0 Å². The van der Waals surface area contributed by atoms with Crippen LogP contribution in [0.5, 0.6) is 0 Å². The molecule has 1 nitrogen and oxygen atoms in total. The molecule has 0 saturated carbocycles. The second kappa shape index (κ2) is 5.05. The van der Waals surface area contributed by atoms with Gasteiger partial charge in [0.2, 0.25) is 0 Å². The van der Waals surface area contributed by atoms with Gasteiger partial charge in [-0.25, -0.2) is 0 Å². The van der Waals surface area contributed by atoms with Crippen LogP contribution in [0.2, 0.25) is 0 Å². The van der Waals surface area contributed by atoms with Gasteiger partial charge in [0.15, 0.2) is 0 Å². The third-order valence-electron chi connectivity index (χ3n) is 5.03. The number of fused-ring (bicyclic) bond motifs is 3. The summed E-state index contributed by atoms with van der Waals surface area (Å²) in [4.78, 5) is 0. The van der Waals surface area contributed by atoms with Crippen molar-refractivity contribution in [1.29, 1.82) is 0 Å². The van der Waals surface area contributed by atoms with Gasteiger partial charge >= 0.3 is 0 Å². The maximum atomic E-state index is 9.72. The Bertz CT molecular complexity index is 1060. The number of hydrogen-bond donors (Lipinski definition) is 1. The highest BCUT2D eigenvalue weighted by Gasteiger charge is 2.22. The molecule has 1 N–H and O–H groups in total. The predicted octanol–water partition coefficient (Wildman–Crippen LogP) is 5.65. The molecular formula is C23H16O. The molecule has 0 fully saturated rings. The van der Waals surface area contributed by atoms with Crippen LogP contribution in [0, 0.1) is 0 Å². The van der Waals surface area contributed by atoms with Crippen LogP contribution in [-0.4, -0.2) is 5.11 Å².